The SMILES string of the molecule is Cc1nc2ccc(C(=O)NCCN(C)c3ccc(Cl)cc3)cc2nc1C. The average molecular weight is 369 g/mol. The number of amides is 1. The van der Waals surface area contributed by atoms with E-state index in [0.29, 0.717) is 23.7 Å². The molecule has 3 aromatic rings. The molecule has 1 heterocycles. The Bertz CT molecular complexity index is 940. The van der Waals surface area contributed by atoms with Gasteiger partial charge in [0.1, 0.15) is 0 Å². The number of aromatic nitrogens is 2. The zero-order valence-corrected chi connectivity index (χ0v) is 15.8. The molecule has 0 bridgehead atoms. The number of carbonyl (C=O) groups is 1. The number of likely N-dealkylation sites (N-methyl/N-ethyl adjacent to an activating group) is 1. The number of hydrogen-bond donors (Lipinski definition) is 1. The van der Waals surface area contributed by atoms with E-state index >= 15 is 0 Å². The maximum absolute atomic E-state index is 12.4. The number of halogens is 1. The Morgan fingerprint density at radius 3 is 2.38 bits per heavy atom. The van der Waals surface area contributed by atoms with Crippen LogP contribution in [0.5, 0.6) is 0 Å². The topological polar surface area (TPSA) is 58.1 Å². The maximum atomic E-state index is 12.4. The monoisotopic (exact) mass is 368 g/mol. The number of rotatable bonds is 5. The fourth-order valence-electron chi connectivity index (χ4n) is 2.64. The molecule has 0 atom stereocenters. The lowest BCUT2D eigenvalue weighted by atomic mass is 10.1. The van der Waals surface area contributed by atoms with Crippen molar-refractivity contribution in [3.63, 3.8) is 0 Å². The average Bonchev–Trinajstić information content (AvgIpc) is 2.62. The van der Waals surface area contributed by atoms with Crippen molar-refractivity contribution in [3.05, 3.63) is 64.4 Å². The third-order valence-corrected chi connectivity index (χ3v) is 4.59. The van der Waals surface area contributed by atoms with Gasteiger partial charge in [-0.2, -0.15) is 0 Å². The van der Waals surface area contributed by atoms with Crippen molar-refractivity contribution in [1.82, 2.24) is 15.3 Å². The van der Waals surface area contributed by atoms with Gasteiger partial charge in [-0.15, -0.1) is 0 Å². The van der Waals surface area contributed by atoms with Gasteiger partial charge in [-0.3, -0.25) is 4.79 Å². The molecule has 3 rings (SSSR count). The Morgan fingerprint density at radius 1 is 1.04 bits per heavy atom. The van der Waals surface area contributed by atoms with E-state index in [1.807, 2.05) is 51.2 Å². The van der Waals surface area contributed by atoms with Gasteiger partial charge < -0.3 is 10.2 Å². The summed E-state index contributed by atoms with van der Waals surface area (Å²) in [5, 5.41) is 3.66. The Hall–Kier alpha value is -2.66. The Kier molecular flexibility index (Phi) is 5.38. The summed E-state index contributed by atoms with van der Waals surface area (Å²) in [6.07, 6.45) is 0. The van der Waals surface area contributed by atoms with Crippen LogP contribution in [0.3, 0.4) is 0 Å². The van der Waals surface area contributed by atoms with Crippen LogP contribution in [0.15, 0.2) is 42.5 Å². The summed E-state index contributed by atoms with van der Waals surface area (Å²) >= 11 is 5.90. The van der Waals surface area contributed by atoms with Gasteiger partial charge in [-0.25, -0.2) is 9.97 Å². The molecule has 0 saturated carbocycles. The van der Waals surface area contributed by atoms with E-state index in [-0.39, 0.29) is 5.91 Å². The highest BCUT2D eigenvalue weighted by atomic mass is 35.5. The Morgan fingerprint density at radius 2 is 1.69 bits per heavy atom. The van der Waals surface area contributed by atoms with Crippen LogP contribution in [0.25, 0.3) is 11.0 Å². The predicted octanol–water partition coefficient (Wildman–Crippen LogP) is 3.77. The molecular formula is C20H21ClN4O. The molecule has 2 aromatic carbocycles. The quantitative estimate of drug-likeness (QED) is 0.744. The van der Waals surface area contributed by atoms with Gasteiger partial charge in [-0.05, 0) is 56.3 Å². The molecule has 0 saturated heterocycles. The Labute approximate surface area is 158 Å². The molecule has 1 aromatic heterocycles. The minimum absolute atomic E-state index is 0.114. The van der Waals surface area contributed by atoms with Crippen molar-refractivity contribution >= 4 is 34.2 Å². The van der Waals surface area contributed by atoms with Crippen molar-refractivity contribution in [3.8, 4) is 0 Å². The lowest BCUT2D eigenvalue weighted by molar-refractivity contribution is 0.0955. The van der Waals surface area contributed by atoms with Crippen LogP contribution in [0.4, 0.5) is 5.69 Å². The summed E-state index contributed by atoms with van der Waals surface area (Å²) in [5.41, 5.74) is 4.95. The molecule has 1 N–H and O–H groups in total. The van der Waals surface area contributed by atoms with Crippen LogP contribution < -0.4 is 10.2 Å². The second-order valence-corrected chi connectivity index (χ2v) is 6.69. The molecule has 0 unspecified atom stereocenters. The summed E-state index contributed by atoms with van der Waals surface area (Å²) in [4.78, 5) is 23.5. The van der Waals surface area contributed by atoms with E-state index < -0.39 is 0 Å². The molecule has 0 fully saturated rings. The molecule has 0 aliphatic rings. The lowest BCUT2D eigenvalue weighted by Gasteiger charge is -2.19. The van der Waals surface area contributed by atoms with Crippen LogP contribution >= 0.6 is 11.6 Å². The largest absolute Gasteiger partial charge is 0.373 e. The highest BCUT2D eigenvalue weighted by Crippen LogP contribution is 2.17. The molecule has 26 heavy (non-hydrogen) atoms. The third-order valence-electron chi connectivity index (χ3n) is 4.34. The molecule has 0 aliphatic heterocycles. The summed E-state index contributed by atoms with van der Waals surface area (Å²) in [6.45, 7) is 5.08. The van der Waals surface area contributed by atoms with Crippen molar-refractivity contribution < 1.29 is 4.79 Å². The summed E-state index contributed by atoms with van der Waals surface area (Å²) in [5.74, 6) is -0.114. The second-order valence-electron chi connectivity index (χ2n) is 6.25. The van der Waals surface area contributed by atoms with Crippen LogP contribution in [0.1, 0.15) is 21.7 Å². The van der Waals surface area contributed by atoms with Crippen LogP contribution in [0, 0.1) is 13.8 Å². The number of nitrogens with zero attached hydrogens (tertiary/aromatic N) is 3. The lowest BCUT2D eigenvalue weighted by Crippen LogP contribution is -2.32. The van der Waals surface area contributed by atoms with E-state index in [1.54, 1.807) is 12.1 Å². The molecule has 0 spiro atoms. The smallest absolute Gasteiger partial charge is 0.251 e. The van der Waals surface area contributed by atoms with Gasteiger partial charge in [0, 0.05) is 36.4 Å². The van der Waals surface area contributed by atoms with E-state index in [2.05, 4.69) is 20.2 Å². The fourth-order valence-corrected chi connectivity index (χ4v) is 2.76. The first kappa shape index (κ1) is 18.1. The normalized spacial score (nSPS) is 10.8. The zero-order chi connectivity index (χ0) is 18.7. The first-order valence-electron chi connectivity index (χ1n) is 8.44. The number of benzene rings is 2. The summed E-state index contributed by atoms with van der Waals surface area (Å²) in [7, 11) is 1.98. The highest BCUT2D eigenvalue weighted by molar-refractivity contribution is 6.30. The maximum Gasteiger partial charge on any atom is 0.251 e. The van der Waals surface area contributed by atoms with Gasteiger partial charge in [0.05, 0.1) is 22.4 Å². The molecule has 134 valence electrons. The summed E-state index contributed by atoms with van der Waals surface area (Å²) < 4.78 is 0. The van der Waals surface area contributed by atoms with Crippen molar-refractivity contribution in [2.24, 2.45) is 0 Å². The van der Waals surface area contributed by atoms with Crippen LogP contribution in [0.2, 0.25) is 5.02 Å². The van der Waals surface area contributed by atoms with Gasteiger partial charge >= 0.3 is 0 Å². The predicted molar refractivity (Wildman–Crippen MR) is 106 cm³/mol. The highest BCUT2D eigenvalue weighted by Gasteiger charge is 2.09. The molecular weight excluding hydrogens is 348 g/mol. The minimum atomic E-state index is -0.114. The first-order chi connectivity index (χ1) is 12.4. The second kappa shape index (κ2) is 7.70. The molecule has 0 aliphatic carbocycles. The van der Waals surface area contributed by atoms with Crippen molar-refractivity contribution in [1.29, 1.82) is 0 Å². The van der Waals surface area contributed by atoms with E-state index in [1.165, 1.54) is 0 Å². The summed E-state index contributed by atoms with van der Waals surface area (Å²) in [6, 6.07) is 13.0. The number of carbonyl (C=O) groups excluding carboxylic acids is 1. The number of aryl methyl sites for hydroxylation is 2. The van der Waals surface area contributed by atoms with Gasteiger partial charge in [-0.1, -0.05) is 11.6 Å². The van der Waals surface area contributed by atoms with E-state index in [0.717, 1.165) is 28.1 Å². The van der Waals surface area contributed by atoms with Gasteiger partial charge in [0.15, 0.2) is 0 Å². The third kappa shape index (κ3) is 4.11. The van der Waals surface area contributed by atoms with Crippen LogP contribution in [-0.4, -0.2) is 36.0 Å². The van der Waals surface area contributed by atoms with Crippen molar-refractivity contribution in [2.75, 3.05) is 25.0 Å². The van der Waals surface area contributed by atoms with E-state index in [4.69, 9.17) is 11.6 Å². The molecule has 6 heteroatoms. The first-order valence-corrected chi connectivity index (χ1v) is 8.82. The van der Waals surface area contributed by atoms with Crippen molar-refractivity contribution in [2.45, 2.75) is 13.8 Å². The van der Waals surface area contributed by atoms with E-state index in [9.17, 15) is 4.79 Å². The number of hydrogen-bond acceptors (Lipinski definition) is 4. The number of anilines is 1. The zero-order valence-electron chi connectivity index (χ0n) is 15.1. The molecule has 0 radical (unpaired) electrons. The molecule has 1 amide bonds. The minimum Gasteiger partial charge on any atom is -0.373 e. The van der Waals surface area contributed by atoms with Gasteiger partial charge in [0.25, 0.3) is 5.91 Å². The Balaban J connectivity index is 1.62. The standard InChI is InChI=1S/C20H21ClN4O/c1-13-14(2)24-19-12-15(4-9-18(19)23-13)20(26)22-10-11-25(3)17-7-5-16(21)6-8-17/h4-9,12H,10-11H2,1-3H3,(H,22,26). The fraction of sp³-hybridized carbons (Fsp3) is 0.250. The van der Waals surface area contributed by atoms with Crippen LogP contribution in [-0.2, 0) is 0 Å². The number of fused-ring (bicyclic) bond motifs is 1. The molecule has 5 nitrogen and oxygen atoms in total. The number of nitrogens with one attached hydrogen (secondary N) is 1. The van der Waals surface area contributed by atoms with Gasteiger partial charge in [0.2, 0.25) is 0 Å².